The van der Waals surface area contributed by atoms with E-state index in [2.05, 4.69) is 45.3 Å². The number of aromatic nitrogens is 4. The lowest BCUT2D eigenvalue weighted by molar-refractivity contribution is 0.422. The second kappa shape index (κ2) is 5.48. The molecule has 18 heavy (non-hydrogen) atoms. The summed E-state index contributed by atoms with van der Waals surface area (Å²) < 4.78 is 2.71. The highest BCUT2D eigenvalue weighted by Gasteiger charge is 2.18. The summed E-state index contributed by atoms with van der Waals surface area (Å²) in [5, 5.41) is 12.0. The minimum absolute atomic E-state index is 0.309. The van der Waals surface area contributed by atoms with E-state index in [-0.39, 0.29) is 0 Å². The highest BCUT2D eigenvalue weighted by Crippen LogP contribution is 2.32. The second-order valence-electron chi connectivity index (χ2n) is 4.13. The molecule has 0 unspecified atom stereocenters. The van der Waals surface area contributed by atoms with E-state index in [9.17, 15) is 0 Å². The number of rotatable bonds is 4. The molecule has 2 aromatic rings. The molecule has 0 fully saturated rings. The van der Waals surface area contributed by atoms with Crippen molar-refractivity contribution in [3.05, 3.63) is 22.7 Å². The zero-order valence-electron chi connectivity index (χ0n) is 10.5. The molecule has 1 heterocycles. The van der Waals surface area contributed by atoms with Gasteiger partial charge in [0.15, 0.2) is 5.82 Å². The van der Waals surface area contributed by atoms with E-state index in [1.807, 2.05) is 22.9 Å². The molecule has 0 aliphatic heterocycles. The van der Waals surface area contributed by atoms with Gasteiger partial charge in [0.1, 0.15) is 0 Å². The lowest BCUT2D eigenvalue weighted by atomic mass is 10.1. The third-order valence-corrected chi connectivity index (χ3v) is 3.94. The molecule has 2 rings (SSSR count). The zero-order valence-corrected chi connectivity index (χ0v) is 12.1. The minimum Gasteiger partial charge on any atom is -0.398 e. The first-order chi connectivity index (χ1) is 8.69. The number of nitrogen functional groups attached to an aromatic ring is 1. The standard InChI is InChI=1S/C12H16BrN5/c1-3-8(4-2)18-12(15-16-17-18)9-6-5-7-10(14)11(9)13/h5-8H,3-4,14H2,1-2H3. The van der Waals surface area contributed by atoms with Gasteiger partial charge in [0.05, 0.1) is 10.5 Å². The first kappa shape index (κ1) is 13.0. The Balaban J connectivity index is 2.52. The van der Waals surface area contributed by atoms with Crippen molar-refractivity contribution < 1.29 is 0 Å². The maximum atomic E-state index is 5.89. The maximum Gasteiger partial charge on any atom is 0.183 e. The molecule has 0 aliphatic rings. The van der Waals surface area contributed by atoms with E-state index in [4.69, 9.17) is 5.73 Å². The summed E-state index contributed by atoms with van der Waals surface area (Å²) in [5.41, 5.74) is 7.50. The molecule has 0 saturated heterocycles. The minimum atomic E-state index is 0.309. The van der Waals surface area contributed by atoms with Crippen LogP contribution < -0.4 is 5.73 Å². The Bertz CT molecular complexity index is 533. The van der Waals surface area contributed by atoms with Gasteiger partial charge in [-0.25, -0.2) is 4.68 Å². The summed E-state index contributed by atoms with van der Waals surface area (Å²) in [6.45, 7) is 4.27. The van der Waals surface area contributed by atoms with Gasteiger partial charge in [-0.15, -0.1) is 5.10 Å². The Labute approximate surface area is 115 Å². The molecule has 0 atom stereocenters. The van der Waals surface area contributed by atoms with Gasteiger partial charge in [0.25, 0.3) is 0 Å². The van der Waals surface area contributed by atoms with E-state index >= 15 is 0 Å². The van der Waals surface area contributed by atoms with Gasteiger partial charge in [-0.05, 0) is 51.3 Å². The van der Waals surface area contributed by atoms with Gasteiger partial charge in [0, 0.05) is 11.3 Å². The van der Waals surface area contributed by atoms with Gasteiger partial charge in [-0.2, -0.15) is 0 Å². The molecule has 0 bridgehead atoms. The highest BCUT2D eigenvalue weighted by atomic mass is 79.9. The van der Waals surface area contributed by atoms with Gasteiger partial charge < -0.3 is 5.73 Å². The van der Waals surface area contributed by atoms with Crippen molar-refractivity contribution in [2.75, 3.05) is 5.73 Å². The summed E-state index contributed by atoms with van der Waals surface area (Å²) in [4.78, 5) is 0. The second-order valence-corrected chi connectivity index (χ2v) is 4.92. The SMILES string of the molecule is CCC(CC)n1nnnc1-c1cccc(N)c1Br. The fourth-order valence-corrected chi connectivity index (χ4v) is 2.42. The van der Waals surface area contributed by atoms with Crippen LogP contribution in [0.25, 0.3) is 11.4 Å². The van der Waals surface area contributed by atoms with Gasteiger partial charge >= 0.3 is 0 Å². The topological polar surface area (TPSA) is 69.6 Å². The highest BCUT2D eigenvalue weighted by molar-refractivity contribution is 9.10. The lowest BCUT2D eigenvalue weighted by Gasteiger charge is -2.15. The first-order valence-corrected chi connectivity index (χ1v) is 6.80. The van der Waals surface area contributed by atoms with Crippen LogP contribution in [-0.2, 0) is 0 Å². The number of nitrogens with two attached hydrogens (primary N) is 1. The largest absolute Gasteiger partial charge is 0.398 e. The van der Waals surface area contributed by atoms with Crippen molar-refractivity contribution in [2.24, 2.45) is 0 Å². The molecule has 1 aromatic heterocycles. The van der Waals surface area contributed by atoms with Crippen LogP contribution in [0.4, 0.5) is 5.69 Å². The van der Waals surface area contributed by atoms with Crippen molar-refractivity contribution in [2.45, 2.75) is 32.7 Å². The number of halogens is 1. The first-order valence-electron chi connectivity index (χ1n) is 6.01. The molecule has 0 amide bonds. The van der Waals surface area contributed by atoms with Crippen LogP contribution in [0.3, 0.4) is 0 Å². The van der Waals surface area contributed by atoms with Crippen molar-refractivity contribution in [1.29, 1.82) is 0 Å². The Morgan fingerprint density at radius 3 is 2.72 bits per heavy atom. The molecule has 0 saturated carbocycles. The van der Waals surface area contributed by atoms with Gasteiger partial charge in [-0.1, -0.05) is 19.9 Å². The van der Waals surface area contributed by atoms with Crippen molar-refractivity contribution >= 4 is 21.6 Å². The molecule has 1 aromatic carbocycles. The van der Waals surface area contributed by atoms with E-state index in [1.165, 1.54) is 0 Å². The number of benzene rings is 1. The smallest absolute Gasteiger partial charge is 0.183 e. The summed E-state index contributed by atoms with van der Waals surface area (Å²) in [7, 11) is 0. The Morgan fingerprint density at radius 1 is 1.33 bits per heavy atom. The van der Waals surface area contributed by atoms with Crippen LogP contribution in [0.2, 0.25) is 0 Å². The predicted molar refractivity (Wildman–Crippen MR) is 75.0 cm³/mol. The fourth-order valence-electron chi connectivity index (χ4n) is 1.97. The summed E-state index contributed by atoms with van der Waals surface area (Å²) >= 11 is 3.49. The molecular formula is C12H16BrN5. The Morgan fingerprint density at radius 2 is 2.06 bits per heavy atom. The Hall–Kier alpha value is -1.43. The predicted octanol–water partition coefficient (Wildman–Crippen LogP) is 3.05. The summed E-state index contributed by atoms with van der Waals surface area (Å²) in [6, 6.07) is 6.02. The van der Waals surface area contributed by atoms with Crippen molar-refractivity contribution in [1.82, 2.24) is 20.2 Å². The third kappa shape index (κ3) is 2.25. The molecule has 6 heteroatoms. The quantitative estimate of drug-likeness (QED) is 0.881. The van der Waals surface area contributed by atoms with Crippen LogP contribution in [0.5, 0.6) is 0 Å². The van der Waals surface area contributed by atoms with Crippen molar-refractivity contribution in [3.8, 4) is 11.4 Å². The van der Waals surface area contributed by atoms with Gasteiger partial charge in [0.2, 0.25) is 0 Å². The summed E-state index contributed by atoms with van der Waals surface area (Å²) in [5.74, 6) is 0.753. The Kier molecular flexibility index (Phi) is 3.96. The average Bonchev–Trinajstić information content (AvgIpc) is 2.83. The summed E-state index contributed by atoms with van der Waals surface area (Å²) in [6.07, 6.45) is 1.99. The number of anilines is 1. The van der Waals surface area contributed by atoms with Crippen LogP contribution in [-0.4, -0.2) is 20.2 Å². The van der Waals surface area contributed by atoms with Crippen LogP contribution >= 0.6 is 15.9 Å². The van der Waals surface area contributed by atoms with Crippen LogP contribution in [0, 0.1) is 0 Å². The molecule has 0 radical (unpaired) electrons. The number of hydrogen-bond acceptors (Lipinski definition) is 4. The number of tetrazole rings is 1. The normalized spacial score (nSPS) is 11.1. The molecule has 5 nitrogen and oxygen atoms in total. The lowest BCUT2D eigenvalue weighted by Crippen LogP contribution is -2.11. The number of hydrogen-bond donors (Lipinski definition) is 1. The van der Waals surface area contributed by atoms with E-state index < -0.39 is 0 Å². The molecule has 2 N–H and O–H groups in total. The molecule has 0 aliphatic carbocycles. The maximum absolute atomic E-state index is 5.89. The van der Waals surface area contributed by atoms with Crippen molar-refractivity contribution in [3.63, 3.8) is 0 Å². The van der Waals surface area contributed by atoms with E-state index in [0.717, 1.165) is 28.7 Å². The van der Waals surface area contributed by atoms with Crippen LogP contribution in [0.1, 0.15) is 32.7 Å². The fraction of sp³-hybridized carbons (Fsp3) is 0.417. The molecule has 96 valence electrons. The average molecular weight is 310 g/mol. The number of nitrogens with zero attached hydrogens (tertiary/aromatic N) is 4. The monoisotopic (exact) mass is 309 g/mol. The van der Waals surface area contributed by atoms with E-state index in [0.29, 0.717) is 11.7 Å². The van der Waals surface area contributed by atoms with Crippen LogP contribution in [0.15, 0.2) is 22.7 Å². The third-order valence-electron chi connectivity index (χ3n) is 3.05. The van der Waals surface area contributed by atoms with E-state index in [1.54, 1.807) is 0 Å². The molecule has 0 spiro atoms. The zero-order chi connectivity index (χ0) is 13.1. The molecular weight excluding hydrogens is 294 g/mol. The van der Waals surface area contributed by atoms with Gasteiger partial charge in [-0.3, -0.25) is 0 Å².